The number of nitrogens with two attached hydrogens (primary N) is 1. The fraction of sp³-hybridized carbons (Fsp3) is 0.923. The van der Waals surface area contributed by atoms with Gasteiger partial charge < -0.3 is 16.0 Å². The fourth-order valence-corrected chi connectivity index (χ4v) is 2.22. The second-order valence-electron chi connectivity index (χ2n) is 5.39. The smallest absolute Gasteiger partial charge is 0.237 e. The summed E-state index contributed by atoms with van der Waals surface area (Å²) in [5.41, 5.74) is 5.83. The van der Waals surface area contributed by atoms with E-state index in [9.17, 15) is 4.79 Å². The second kappa shape index (κ2) is 10.7. The van der Waals surface area contributed by atoms with Gasteiger partial charge in [0.15, 0.2) is 0 Å². The number of carbonyl (C=O) groups is 1. The number of nitrogens with zero attached hydrogens (tertiary/aromatic N) is 1. The minimum Gasteiger partial charge on any atom is -0.352 e. The van der Waals surface area contributed by atoms with Crippen molar-refractivity contribution in [2.24, 2.45) is 11.7 Å². The molecule has 1 aliphatic rings. The fourth-order valence-electron chi connectivity index (χ4n) is 2.22. The summed E-state index contributed by atoms with van der Waals surface area (Å²) >= 11 is 0. The van der Waals surface area contributed by atoms with Crippen LogP contribution < -0.4 is 11.1 Å². The summed E-state index contributed by atoms with van der Waals surface area (Å²) in [6, 6.07) is -0.0518. The van der Waals surface area contributed by atoms with Gasteiger partial charge in [0, 0.05) is 19.1 Å². The minimum atomic E-state index is -0.372. The van der Waals surface area contributed by atoms with Crippen LogP contribution in [0.4, 0.5) is 0 Å². The van der Waals surface area contributed by atoms with Crippen LogP contribution in [0.15, 0.2) is 0 Å². The third-order valence-electron chi connectivity index (χ3n) is 3.49. The van der Waals surface area contributed by atoms with Crippen molar-refractivity contribution in [1.29, 1.82) is 0 Å². The molecule has 1 amide bonds. The lowest BCUT2D eigenvalue weighted by Gasteiger charge is -2.32. The lowest BCUT2D eigenvalue weighted by Crippen LogP contribution is -2.51. The molecule has 1 fully saturated rings. The normalized spacial score (nSPS) is 18.4. The van der Waals surface area contributed by atoms with Crippen molar-refractivity contribution in [3.05, 3.63) is 0 Å². The Kier molecular flexibility index (Phi) is 12.0. The zero-order chi connectivity index (χ0) is 12.8. The summed E-state index contributed by atoms with van der Waals surface area (Å²) < 4.78 is 0. The van der Waals surface area contributed by atoms with Crippen LogP contribution in [0.1, 0.15) is 40.0 Å². The molecule has 19 heavy (non-hydrogen) atoms. The number of amides is 1. The zero-order valence-electron chi connectivity index (χ0n) is 12.2. The van der Waals surface area contributed by atoms with Crippen LogP contribution in [0.25, 0.3) is 0 Å². The maximum atomic E-state index is 11.8. The molecule has 0 saturated carbocycles. The number of hydrogen-bond acceptors (Lipinski definition) is 3. The molecule has 0 radical (unpaired) electrons. The zero-order valence-corrected chi connectivity index (χ0v) is 13.9. The Bertz CT molecular complexity index is 244. The highest BCUT2D eigenvalue weighted by atomic mass is 35.5. The van der Waals surface area contributed by atoms with E-state index in [0.29, 0.717) is 6.04 Å². The third kappa shape index (κ3) is 7.35. The van der Waals surface area contributed by atoms with Gasteiger partial charge in [0.05, 0.1) is 6.04 Å². The summed E-state index contributed by atoms with van der Waals surface area (Å²) in [6.45, 7) is 9.52. The van der Waals surface area contributed by atoms with Gasteiger partial charge in [0.2, 0.25) is 5.91 Å². The van der Waals surface area contributed by atoms with E-state index in [1.54, 1.807) is 0 Å². The average Bonchev–Trinajstić information content (AvgIpc) is 2.30. The van der Waals surface area contributed by atoms with Gasteiger partial charge in [0.25, 0.3) is 0 Å². The molecule has 0 spiro atoms. The lowest BCUT2D eigenvalue weighted by molar-refractivity contribution is -0.124. The van der Waals surface area contributed by atoms with Crippen LogP contribution in [0.2, 0.25) is 0 Å². The van der Waals surface area contributed by atoms with Crippen LogP contribution in [0.3, 0.4) is 0 Å². The van der Waals surface area contributed by atoms with Crippen molar-refractivity contribution in [3.8, 4) is 0 Å². The standard InChI is InChI=1S/C13H27N3O.2ClH/c1-4-7-16-8-5-11(6-9-16)15-13(17)12(14)10(2)3;;/h10-12H,4-9,14H2,1-3H3,(H,15,17);2*1H. The van der Waals surface area contributed by atoms with Crippen molar-refractivity contribution in [2.45, 2.75) is 52.1 Å². The van der Waals surface area contributed by atoms with Crippen LogP contribution in [-0.4, -0.2) is 42.5 Å². The van der Waals surface area contributed by atoms with Crippen molar-refractivity contribution in [3.63, 3.8) is 0 Å². The van der Waals surface area contributed by atoms with Gasteiger partial charge in [-0.05, 0) is 31.7 Å². The Morgan fingerprint density at radius 2 is 1.84 bits per heavy atom. The lowest BCUT2D eigenvalue weighted by atomic mass is 10.0. The van der Waals surface area contributed by atoms with Gasteiger partial charge >= 0.3 is 0 Å². The molecule has 0 aromatic heterocycles. The summed E-state index contributed by atoms with van der Waals surface area (Å²) in [6.07, 6.45) is 3.31. The molecule has 1 rings (SSSR count). The molecule has 6 heteroatoms. The predicted molar refractivity (Wildman–Crippen MR) is 85.2 cm³/mol. The molecule has 1 heterocycles. The van der Waals surface area contributed by atoms with E-state index >= 15 is 0 Å². The Morgan fingerprint density at radius 3 is 2.26 bits per heavy atom. The van der Waals surface area contributed by atoms with E-state index < -0.39 is 0 Å². The molecule has 0 aliphatic carbocycles. The predicted octanol–water partition coefficient (Wildman–Crippen LogP) is 1.80. The first-order valence-electron chi connectivity index (χ1n) is 6.83. The molecule has 1 saturated heterocycles. The Balaban J connectivity index is 0. The summed E-state index contributed by atoms with van der Waals surface area (Å²) in [4.78, 5) is 14.3. The number of rotatable bonds is 5. The van der Waals surface area contributed by atoms with Gasteiger partial charge in [-0.25, -0.2) is 0 Å². The second-order valence-corrected chi connectivity index (χ2v) is 5.39. The number of hydrogen-bond donors (Lipinski definition) is 2. The maximum Gasteiger partial charge on any atom is 0.237 e. The molecule has 3 N–H and O–H groups in total. The van der Waals surface area contributed by atoms with E-state index in [1.165, 1.54) is 13.0 Å². The maximum absolute atomic E-state index is 11.8. The first-order valence-corrected chi connectivity index (χ1v) is 6.83. The SMILES string of the molecule is CCCN1CCC(NC(=O)C(N)C(C)C)CC1.Cl.Cl. The van der Waals surface area contributed by atoms with Crippen LogP contribution in [0, 0.1) is 5.92 Å². The van der Waals surface area contributed by atoms with E-state index in [1.807, 2.05) is 13.8 Å². The quantitative estimate of drug-likeness (QED) is 0.813. The Labute approximate surface area is 129 Å². The molecule has 1 atom stereocenters. The molecule has 116 valence electrons. The Morgan fingerprint density at radius 1 is 1.32 bits per heavy atom. The monoisotopic (exact) mass is 313 g/mol. The van der Waals surface area contributed by atoms with E-state index in [0.717, 1.165) is 25.9 Å². The summed E-state index contributed by atoms with van der Waals surface area (Å²) in [5, 5.41) is 3.07. The highest BCUT2D eigenvalue weighted by molar-refractivity contribution is 5.85. The number of piperidine rings is 1. The van der Waals surface area contributed by atoms with Gasteiger partial charge in [-0.2, -0.15) is 0 Å². The van der Waals surface area contributed by atoms with Gasteiger partial charge in [0.1, 0.15) is 0 Å². The third-order valence-corrected chi connectivity index (χ3v) is 3.49. The average molecular weight is 314 g/mol. The van der Waals surface area contributed by atoms with Crippen LogP contribution in [0.5, 0.6) is 0 Å². The van der Waals surface area contributed by atoms with E-state index in [2.05, 4.69) is 17.1 Å². The van der Waals surface area contributed by atoms with Crippen molar-refractivity contribution in [2.75, 3.05) is 19.6 Å². The van der Waals surface area contributed by atoms with Crippen molar-refractivity contribution >= 4 is 30.7 Å². The first-order chi connectivity index (χ1) is 8.04. The molecule has 4 nitrogen and oxygen atoms in total. The summed E-state index contributed by atoms with van der Waals surface area (Å²) in [5.74, 6) is 0.212. The minimum absolute atomic E-state index is 0. The van der Waals surface area contributed by atoms with Crippen molar-refractivity contribution < 1.29 is 4.79 Å². The molecular formula is C13H29Cl2N3O. The molecular weight excluding hydrogens is 285 g/mol. The number of halogens is 2. The number of carbonyl (C=O) groups excluding carboxylic acids is 1. The van der Waals surface area contributed by atoms with E-state index in [-0.39, 0.29) is 42.7 Å². The Hall–Kier alpha value is -0.0300. The summed E-state index contributed by atoms with van der Waals surface area (Å²) in [7, 11) is 0. The molecule has 1 aliphatic heterocycles. The topological polar surface area (TPSA) is 58.4 Å². The molecule has 0 bridgehead atoms. The molecule has 1 unspecified atom stereocenters. The van der Waals surface area contributed by atoms with Gasteiger partial charge in [-0.15, -0.1) is 24.8 Å². The van der Waals surface area contributed by atoms with E-state index in [4.69, 9.17) is 5.73 Å². The largest absolute Gasteiger partial charge is 0.352 e. The highest BCUT2D eigenvalue weighted by Crippen LogP contribution is 2.11. The van der Waals surface area contributed by atoms with Crippen molar-refractivity contribution in [1.82, 2.24) is 10.2 Å². The van der Waals surface area contributed by atoms with Crippen LogP contribution in [-0.2, 0) is 4.79 Å². The van der Waals surface area contributed by atoms with Crippen LogP contribution >= 0.6 is 24.8 Å². The van der Waals surface area contributed by atoms with Gasteiger partial charge in [-0.1, -0.05) is 20.8 Å². The molecule has 0 aromatic rings. The number of nitrogens with one attached hydrogen (secondary N) is 1. The van der Waals surface area contributed by atoms with Gasteiger partial charge in [-0.3, -0.25) is 4.79 Å². The first kappa shape index (κ1) is 21.3. The molecule has 0 aromatic carbocycles. The highest BCUT2D eigenvalue weighted by Gasteiger charge is 2.23. The number of likely N-dealkylation sites (tertiary alicyclic amines) is 1.